The van der Waals surface area contributed by atoms with E-state index in [1.165, 1.54) is 18.4 Å². The van der Waals surface area contributed by atoms with Crippen molar-refractivity contribution < 1.29 is 18.7 Å². The Kier molecular flexibility index (Phi) is 5.37. The van der Waals surface area contributed by atoms with E-state index in [9.17, 15) is 9.59 Å². The Morgan fingerprint density at radius 2 is 2.17 bits per heavy atom. The Bertz CT molecular complexity index is 1220. The SMILES string of the molecule is CCc1cc(C(=O)OC)c(NC(=O)Cn2nc(C)c3c(-c4ccco4)ccnc32)s1. The molecule has 4 heterocycles. The number of carbonyl (C=O) groups is 2. The van der Waals surface area contributed by atoms with E-state index in [4.69, 9.17) is 9.15 Å². The van der Waals surface area contributed by atoms with Crippen LogP contribution in [0, 0.1) is 6.92 Å². The van der Waals surface area contributed by atoms with Crippen LogP contribution >= 0.6 is 11.3 Å². The highest BCUT2D eigenvalue weighted by Crippen LogP contribution is 2.31. The summed E-state index contributed by atoms with van der Waals surface area (Å²) in [6, 6.07) is 7.30. The van der Waals surface area contributed by atoms with Gasteiger partial charge in [-0.25, -0.2) is 14.5 Å². The number of fused-ring (bicyclic) bond motifs is 1. The fourth-order valence-corrected chi connectivity index (χ4v) is 4.30. The molecule has 8 nitrogen and oxygen atoms in total. The number of pyridine rings is 1. The minimum absolute atomic E-state index is 0.0427. The zero-order valence-electron chi connectivity index (χ0n) is 16.8. The lowest BCUT2D eigenvalue weighted by atomic mass is 10.1. The molecule has 0 saturated carbocycles. The molecule has 0 atom stereocenters. The fourth-order valence-electron chi connectivity index (χ4n) is 3.30. The molecule has 0 bridgehead atoms. The number of carbonyl (C=O) groups excluding carboxylic acids is 2. The van der Waals surface area contributed by atoms with E-state index >= 15 is 0 Å². The first-order valence-electron chi connectivity index (χ1n) is 9.38. The number of nitrogens with one attached hydrogen (secondary N) is 1. The van der Waals surface area contributed by atoms with Gasteiger partial charge in [0.2, 0.25) is 5.91 Å². The summed E-state index contributed by atoms with van der Waals surface area (Å²) in [6.07, 6.45) is 4.03. The molecule has 30 heavy (non-hydrogen) atoms. The smallest absolute Gasteiger partial charge is 0.340 e. The number of aromatic nitrogens is 3. The number of ether oxygens (including phenoxy) is 1. The highest BCUT2D eigenvalue weighted by atomic mass is 32.1. The van der Waals surface area contributed by atoms with Crippen LogP contribution < -0.4 is 5.32 Å². The van der Waals surface area contributed by atoms with Crippen molar-refractivity contribution in [2.45, 2.75) is 26.8 Å². The monoisotopic (exact) mass is 424 g/mol. The second-order valence-electron chi connectivity index (χ2n) is 6.63. The van der Waals surface area contributed by atoms with Gasteiger partial charge in [0.05, 0.1) is 30.0 Å². The molecule has 0 fully saturated rings. The van der Waals surface area contributed by atoms with Gasteiger partial charge in [0.25, 0.3) is 0 Å². The third kappa shape index (κ3) is 3.59. The zero-order valence-corrected chi connectivity index (χ0v) is 17.6. The Labute approximate surface area is 176 Å². The quantitative estimate of drug-likeness (QED) is 0.469. The van der Waals surface area contributed by atoms with Gasteiger partial charge in [0.1, 0.15) is 17.3 Å². The summed E-state index contributed by atoms with van der Waals surface area (Å²) in [4.78, 5) is 30.2. The van der Waals surface area contributed by atoms with E-state index in [0.717, 1.165) is 27.9 Å². The molecular weight excluding hydrogens is 404 g/mol. The maximum Gasteiger partial charge on any atom is 0.340 e. The van der Waals surface area contributed by atoms with E-state index < -0.39 is 5.97 Å². The zero-order chi connectivity index (χ0) is 21.3. The normalized spacial score (nSPS) is 11.0. The summed E-state index contributed by atoms with van der Waals surface area (Å²) in [5.41, 5.74) is 2.56. The number of anilines is 1. The molecular formula is C21H20N4O4S. The van der Waals surface area contributed by atoms with Crippen LogP contribution in [0.2, 0.25) is 0 Å². The van der Waals surface area contributed by atoms with Crippen molar-refractivity contribution in [2.75, 3.05) is 12.4 Å². The molecule has 0 aliphatic rings. The van der Waals surface area contributed by atoms with Gasteiger partial charge in [-0.1, -0.05) is 6.92 Å². The number of amides is 1. The number of esters is 1. The van der Waals surface area contributed by atoms with Crippen molar-refractivity contribution in [1.82, 2.24) is 14.8 Å². The number of rotatable bonds is 6. The predicted molar refractivity (Wildman–Crippen MR) is 114 cm³/mol. The summed E-state index contributed by atoms with van der Waals surface area (Å²) in [5.74, 6) is -0.0754. The van der Waals surface area contributed by atoms with Crippen LogP contribution in [0.4, 0.5) is 5.00 Å². The van der Waals surface area contributed by atoms with Crippen molar-refractivity contribution in [3.05, 3.63) is 52.9 Å². The Morgan fingerprint density at radius 3 is 2.87 bits per heavy atom. The maximum absolute atomic E-state index is 12.7. The Hall–Kier alpha value is -3.46. The second-order valence-corrected chi connectivity index (χ2v) is 7.76. The van der Waals surface area contributed by atoms with E-state index in [1.54, 1.807) is 23.2 Å². The summed E-state index contributed by atoms with van der Waals surface area (Å²) in [7, 11) is 1.32. The highest BCUT2D eigenvalue weighted by molar-refractivity contribution is 7.16. The molecule has 1 amide bonds. The number of methoxy groups -OCH3 is 1. The van der Waals surface area contributed by atoms with Crippen LogP contribution in [0.5, 0.6) is 0 Å². The second kappa shape index (κ2) is 8.11. The largest absolute Gasteiger partial charge is 0.465 e. The molecule has 0 radical (unpaired) electrons. The number of aryl methyl sites for hydroxylation is 2. The lowest BCUT2D eigenvalue weighted by Gasteiger charge is -2.06. The first-order chi connectivity index (χ1) is 14.5. The van der Waals surface area contributed by atoms with Gasteiger partial charge >= 0.3 is 5.97 Å². The highest BCUT2D eigenvalue weighted by Gasteiger charge is 2.20. The topological polar surface area (TPSA) is 99.2 Å². The molecule has 0 aromatic carbocycles. The van der Waals surface area contributed by atoms with Crippen LogP contribution in [0.15, 0.2) is 41.1 Å². The van der Waals surface area contributed by atoms with E-state index in [2.05, 4.69) is 15.4 Å². The van der Waals surface area contributed by atoms with Crippen LogP contribution in [0.3, 0.4) is 0 Å². The van der Waals surface area contributed by atoms with Crippen LogP contribution in [-0.4, -0.2) is 33.8 Å². The average molecular weight is 424 g/mol. The van der Waals surface area contributed by atoms with E-state index in [0.29, 0.717) is 22.0 Å². The molecule has 0 aliphatic heterocycles. The maximum atomic E-state index is 12.7. The number of hydrogen-bond donors (Lipinski definition) is 1. The minimum atomic E-state index is -0.480. The van der Waals surface area contributed by atoms with Gasteiger partial charge in [-0.3, -0.25) is 4.79 Å². The molecule has 4 rings (SSSR count). The molecule has 0 unspecified atom stereocenters. The van der Waals surface area contributed by atoms with E-state index in [1.807, 2.05) is 32.0 Å². The fraction of sp³-hybridized carbons (Fsp3) is 0.238. The van der Waals surface area contributed by atoms with Gasteiger partial charge in [-0.15, -0.1) is 11.3 Å². The Morgan fingerprint density at radius 1 is 1.33 bits per heavy atom. The van der Waals surface area contributed by atoms with Crippen molar-refractivity contribution >= 4 is 39.2 Å². The van der Waals surface area contributed by atoms with Crippen molar-refractivity contribution in [2.24, 2.45) is 0 Å². The molecule has 9 heteroatoms. The molecule has 0 aliphatic carbocycles. The summed E-state index contributed by atoms with van der Waals surface area (Å²) in [6.45, 7) is 3.81. The van der Waals surface area contributed by atoms with Gasteiger partial charge in [-0.05, 0) is 37.6 Å². The molecule has 154 valence electrons. The number of hydrogen-bond acceptors (Lipinski definition) is 7. The summed E-state index contributed by atoms with van der Waals surface area (Å²) in [5, 5.41) is 8.62. The average Bonchev–Trinajstić information content (AvgIpc) is 3.47. The molecule has 4 aromatic heterocycles. The molecule has 4 aromatic rings. The van der Waals surface area contributed by atoms with Crippen LogP contribution in [0.1, 0.15) is 27.9 Å². The standard InChI is InChI=1S/C21H20N4O4S/c1-4-13-10-15(21(27)28-3)20(30-13)23-17(26)11-25-19-18(12(2)24-25)14(7-8-22-19)16-6-5-9-29-16/h5-10H,4,11H2,1-3H3,(H,23,26). The number of thiophene rings is 1. The summed E-state index contributed by atoms with van der Waals surface area (Å²) < 4.78 is 11.9. The van der Waals surface area contributed by atoms with Gasteiger partial charge in [0, 0.05) is 16.6 Å². The summed E-state index contributed by atoms with van der Waals surface area (Å²) >= 11 is 1.36. The molecule has 0 saturated heterocycles. The first-order valence-corrected chi connectivity index (χ1v) is 10.2. The first kappa shape index (κ1) is 19.8. The van der Waals surface area contributed by atoms with Gasteiger partial charge < -0.3 is 14.5 Å². The Balaban J connectivity index is 1.63. The van der Waals surface area contributed by atoms with Gasteiger partial charge in [-0.2, -0.15) is 5.10 Å². The van der Waals surface area contributed by atoms with Crippen molar-refractivity contribution in [3.63, 3.8) is 0 Å². The number of furan rings is 1. The lowest BCUT2D eigenvalue weighted by Crippen LogP contribution is -2.20. The van der Waals surface area contributed by atoms with Crippen molar-refractivity contribution in [3.8, 4) is 11.3 Å². The van der Waals surface area contributed by atoms with Crippen LogP contribution in [-0.2, 0) is 22.5 Å². The predicted octanol–water partition coefficient (Wildman–Crippen LogP) is 4.05. The third-order valence-corrected chi connectivity index (χ3v) is 5.87. The molecule has 1 N–H and O–H groups in total. The number of nitrogens with zero attached hydrogens (tertiary/aromatic N) is 3. The minimum Gasteiger partial charge on any atom is -0.465 e. The van der Waals surface area contributed by atoms with Crippen molar-refractivity contribution in [1.29, 1.82) is 0 Å². The third-order valence-electron chi connectivity index (χ3n) is 4.68. The van der Waals surface area contributed by atoms with Gasteiger partial charge in [0.15, 0.2) is 5.65 Å². The van der Waals surface area contributed by atoms with E-state index in [-0.39, 0.29) is 12.5 Å². The molecule has 0 spiro atoms. The lowest BCUT2D eigenvalue weighted by molar-refractivity contribution is -0.116. The van der Waals surface area contributed by atoms with Crippen LogP contribution in [0.25, 0.3) is 22.4 Å².